The second kappa shape index (κ2) is 11.8. The van der Waals surface area contributed by atoms with Crippen molar-refractivity contribution in [2.24, 2.45) is 4.99 Å². The van der Waals surface area contributed by atoms with Gasteiger partial charge < -0.3 is 14.8 Å². The summed E-state index contributed by atoms with van der Waals surface area (Å²) in [5.41, 5.74) is 4.82. The van der Waals surface area contributed by atoms with Crippen molar-refractivity contribution < 1.29 is 14.3 Å². The zero-order valence-corrected chi connectivity index (χ0v) is 21.9. The number of methoxy groups -OCH3 is 1. The van der Waals surface area contributed by atoms with Crippen LogP contribution in [0.4, 0.5) is 10.7 Å². The van der Waals surface area contributed by atoms with E-state index in [-0.39, 0.29) is 5.91 Å². The van der Waals surface area contributed by atoms with Gasteiger partial charge in [0.25, 0.3) is 5.91 Å². The van der Waals surface area contributed by atoms with Gasteiger partial charge in [0.2, 0.25) is 0 Å². The monoisotopic (exact) mass is 521 g/mol. The van der Waals surface area contributed by atoms with Gasteiger partial charge in [0.15, 0.2) is 11.5 Å². The number of nitriles is 1. The van der Waals surface area contributed by atoms with E-state index in [1.807, 2.05) is 60.7 Å². The number of anilines is 1. The van der Waals surface area contributed by atoms with E-state index < -0.39 is 0 Å². The molecule has 0 unspecified atom stereocenters. The van der Waals surface area contributed by atoms with Gasteiger partial charge in [-0.2, -0.15) is 5.26 Å². The molecular weight excluding hydrogens is 494 g/mol. The number of nitrogens with one attached hydrogen (secondary N) is 1. The molecule has 0 aliphatic heterocycles. The van der Waals surface area contributed by atoms with E-state index in [1.54, 1.807) is 36.8 Å². The van der Waals surface area contributed by atoms with Crippen molar-refractivity contribution in [1.29, 1.82) is 5.26 Å². The lowest BCUT2D eigenvalue weighted by Crippen LogP contribution is -2.14. The van der Waals surface area contributed by atoms with E-state index in [0.717, 1.165) is 48.1 Å². The maximum atomic E-state index is 13.4. The van der Waals surface area contributed by atoms with Crippen molar-refractivity contribution in [2.75, 3.05) is 12.4 Å². The van der Waals surface area contributed by atoms with E-state index in [2.05, 4.69) is 11.4 Å². The number of rotatable bonds is 8. The number of hydrogen-bond acceptors (Lipinski definition) is 6. The molecule has 0 saturated carbocycles. The Balaban J connectivity index is 1.44. The number of thiophene rings is 1. The number of fused-ring (bicyclic) bond motifs is 1. The van der Waals surface area contributed by atoms with E-state index in [0.29, 0.717) is 34.2 Å². The third-order valence-electron chi connectivity index (χ3n) is 6.43. The zero-order valence-electron chi connectivity index (χ0n) is 21.1. The Morgan fingerprint density at radius 3 is 2.61 bits per heavy atom. The number of benzene rings is 3. The lowest BCUT2D eigenvalue weighted by molar-refractivity contribution is 0.102. The van der Waals surface area contributed by atoms with E-state index >= 15 is 0 Å². The maximum Gasteiger partial charge on any atom is 0.259 e. The molecule has 1 amide bonds. The highest BCUT2D eigenvalue weighted by molar-refractivity contribution is 7.16. The summed E-state index contributed by atoms with van der Waals surface area (Å²) < 4.78 is 11.7. The number of aliphatic imine (C=N–C) groups is 1. The Morgan fingerprint density at radius 1 is 1.05 bits per heavy atom. The Kier molecular flexibility index (Phi) is 7.81. The molecule has 1 heterocycles. The van der Waals surface area contributed by atoms with Gasteiger partial charge in [-0.15, -0.1) is 11.3 Å². The Bertz CT molecular complexity index is 1500. The van der Waals surface area contributed by atoms with Crippen LogP contribution in [-0.2, 0) is 19.4 Å². The molecule has 0 atom stereocenters. The van der Waals surface area contributed by atoms with E-state index in [4.69, 9.17) is 19.7 Å². The molecule has 190 valence electrons. The molecule has 0 bridgehead atoms. The maximum absolute atomic E-state index is 13.4. The first kappa shape index (κ1) is 25.2. The summed E-state index contributed by atoms with van der Waals surface area (Å²) in [6.45, 7) is 0.310. The SMILES string of the molecule is COc1cccc(C=Nc2sc3c(c2C(=O)Nc2ccccc2)CCCC3)c1OCc1ccc(C#N)cc1. The van der Waals surface area contributed by atoms with Gasteiger partial charge in [0, 0.05) is 22.3 Å². The quantitative estimate of drug-likeness (QED) is 0.251. The fourth-order valence-electron chi connectivity index (χ4n) is 4.50. The highest BCUT2D eigenvalue weighted by Crippen LogP contribution is 2.40. The molecule has 1 aliphatic rings. The van der Waals surface area contributed by atoms with Gasteiger partial charge in [-0.25, -0.2) is 4.99 Å². The number of amides is 1. The standard InChI is InChI=1S/C31H27N3O3S/c1-36-26-12-7-8-23(29(26)37-20-22-16-14-21(18-32)15-17-22)19-33-31-28(25-11-5-6-13-27(25)38-31)30(35)34-24-9-3-2-4-10-24/h2-4,7-10,12,14-17,19H,5-6,11,13,20H2,1H3,(H,34,35). The first-order valence-corrected chi connectivity index (χ1v) is 13.3. The normalized spacial score (nSPS) is 12.5. The van der Waals surface area contributed by atoms with Crippen LogP contribution in [0.2, 0.25) is 0 Å². The summed E-state index contributed by atoms with van der Waals surface area (Å²) in [5.74, 6) is 1.03. The number of aryl methyl sites for hydroxylation is 1. The van der Waals surface area contributed by atoms with Gasteiger partial charge in [-0.3, -0.25) is 4.79 Å². The first-order chi connectivity index (χ1) is 18.7. The third kappa shape index (κ3) is 5.61. The molecule has 1 aromatic heterocycles. The molecule has 6 nitrogen and oxygen atoms in total. The van der Waals surface area contributed by atoms with E-state index in [1.165, 1.54) is 4.88 Å². The first-order valence-electron chi connectivity index (χ1n) is 12.5. The Hall–Kier alpha value is -4.41. The molecule has 0 radical (unpaired) electrons. The number of para-hydroxylation sites is 2. The second-order valence-corrected chi connectivity index (χ2v) is 10.0. The summed E-state index contributed by atoms with van der Waals surface area (Å²) in [5, 5.41) is 12.8. The molecule has 38 heavy (non-hydrogen) atoms. The fourth-order valence-corrected chi connectivity index (χ4v) is 5.73. The van der Waals surface area contributed by atoms with Crippen molar-refractivity contribution in [1.82, 2.24) is 0 Å². The van der Waals surface area contributed by atoms with E-state index in [9.17, 15) is 4.79 Å². The van der Waals surface area contributed by atoms with Gasteiger partial charge >= 0.3 is 0 Å². The van der Waals surface area contributed by atoms with Crippen LogP contribution < -0.4 is 14.8 Å². The topological polar surface area (TPSA) is 83.7 Å². The van der Waals surface area contributed by atoms with Gasteiger partial charge in [0.1, 0.15) is 11.6 Å². The van der Waals surface area contributed by atoms with Crippen LogP contribution in [-0.4, -0.2) is 19.2 Å². The smallest absolute Gasteiger partial charge is 0.259 e. The van der Waals surface area contributed by atoms with Crippen LogP contribution in [0.3, 0.4) is 0 Å². The Labute approximate surface area is 226 Å². The zero-order chi connectivity index (χ0) is 26.3. The van der Waals surface area contributed by atoms with Gasteiger partial charge in [0.05, 0.1) is 24.3 Å². The molecule has 4 aromatic rings. The lowest BCUT2D eigenvalue weighted by atomic mass is 9.95. The number of nitrogens with zero attached hydrogens (tertiary/aromatic N) is 2. The van der Waals surface area contributed by atoms with Gasteiger partial charge in [-0.1, -0.05) is 36.4 Å². The molecular formula is C31H27N3O3S. The second-order valence-electron chi connectivity index (χ2n) is 8.95. The number of hydrogen-bond donors (Lipinski definition) is 1. The van der Waals surface area contributed by atoms with Crippen LogP contribution in [0.15, 0.2) is 77.8 Å². The minimum atomic E-state index is -0.134. The van der Waals surface area contributed by atoms with Crippen molar-refractivity contribution >= 4 is 34.1 Å². The summed E-state index contributed by atoms with van der Waals surface area (Å²) in [6, 6.07) is 24.5. The third-order valence-corrected chi connectivity index (χ3v) is 7.63. The van der Waals surface area contributed by atoms with Crippen molar-refractivity contribution in [3.63, 3.8) is 0 Å². The number of carbonyl (C=O) groups excluding carboxylic acids is 1. The molecule has 5 rings (SSSR count). The highest BCUT2D eigenvalue weighted by atomic mass is 32.1. The fraction of sp³-hybridized carbons (Fsp3) is 0.194. The van der Waals surface area contributed by atoms with Crippen LogP contribution >= 0.6 is 11.3 Å². The minimum absolute atomic E-state index is 0.134. The highest BCUT2D eigenvalue weighted by Gasteiger charge is 2.25. The van der Waals surface area contributed by atoms with Crippen LogP contribution in [0, 0.1) is 11.3 Å². The molecule has 1 aliphatic carbocycles. The molecule has 0 spiro atoms. The molecule has 0 fully saturated rings. The molecule has 7 heteroatoms. The minimum Gasteiger partial charge on any atom is -0.493 e. The number of ether oxygens (including phenoxy) is 2. The van der Waals surface area contributed by atoms with Crippen LogP contribution in [0.25, 0.3) is 0 Å². The molecule has 0 saturated heterocycles. The Morgan fingerprint density at radius 2 is 1.84 bits per heavy atom. The molecule has 1 N–H and O–H groups in total. The van der Waals surface area contributed by atoms with Crippen molar-refractivity contribution in [3.05, 3.63) is 105 Å². The summed E-state index contributed by atoms with van der Waals surface area (Å²) in [6.07, 6.45) is 5.80. The molecule has 3 aromatic carbocycles. The number of carbonyl (C=O) groups is 1. The summed E-state index contributed by atoms with van der Waals surface area (Å²) in [7, 11) is 1.60. The van der Waals surface area contributed by atoms with Crippen LogP contribution in [0.5, 0.6) is 11.5 Å². The van der Waals surface area contributed by atoms with Gasteiger partial charge in [-0.05, 0) is 73.2 Å². The van der Waals surface area contributed by atoms with Crippen molar-refractivity contribution in [3.8, 4) is 17.6 Å². The lowest BCUT2D eigenvalue weighted by Gasteiger charge is -2.13. The predicted octanol–water partition coefficient (Wildman–Crippen LogP) is 7.09. The van der Waals surface area contributed by atoms with Crippen LogP contribution in [0.1, 0.15) is 50.3 Å². The predicted molar refractivity (Wildman–Crippen MR) is 151 cm³/mol. The van der Waals surface area contributed by atoms with Crippen molar-refractivity contribution in [2.45, 2.75) is 32.3 Å². The summed E-state index contributed by atoms with van der Waals surface area (Å²) in [4.78, 5) is 19.5. The average Bonchev–Trinajstić information content (AvgIpc) is 3.34. The summed E-state index contributed by atoms with van der Waals surface area (Å²) >= 11 is 1.59. The largest absolute Gasteiger partial charge is 0.493 e. The average molecular weight is 522 g/mol.